The number of hydrogen-bond donors (Lipinski definition) is 2. The Labute approximate surface area is 296 Å². The summed E-state index contributed by atoms with van der Waals surface area (Å²) >= 11 is 0. The third-order valence-electron chi connectivity index (χ3n) is 10.5. The van der Waals surface area contributed by atoms with Crippen molar-refractivity contribution in [3.63, 3.8) is 0 Å². The van der Waals surface area contributed by atoms with Gasteiger partial charge in [-0.3, -0.25) is 28.9 Å². The summed E-state index contributed by atoms with van der Waals surface area (Å²) in [4.78, 5) is 53.3. The molecule has 52 heavy (non-hydrogen) atoms. The third-order valence-corrected chi connectivity index (χ3v) is 10.5. The van der Waals surface area contributed by atoms with Crippen molar-refractivity contribution in [2.45, 2.75) is 63.1 Å². The number of carbonyl (C=O) groups excluding carboxylic acids is 3. The van der Waals surface area contributed by atoms with E-state index < -0.39 is 23.8 Å². The molecule has 0 radical (unpaired) electrons. The Balaban J connectivity index is 0.836. The third kappa shape index (κ3) is 6.81. The van der Waals surface area contributed by atoms with Crippen molar-refractivity contribution in [3.8, 4) is 0 Å². The van der Waals surface area contributed by atoms with E-state index in [0.717, 1.165) is 81.3 Å². The SMILES string of the molecule is O=C1CCN(c2cnc3c(C4CCN(C[C@H]5CC[C@H](n6cc7cc(NC(=O)c8cccc(C(F)(F)F)n8)ncc7n6)CC5)CC4)cccn23)C(=O)N1. The zero-order chi connectivity index (χ0) is 36.0. The van der Waals surface area contributed by atoms with Crippen LogP contribution < -0.4 is 15.5 Å². The van der Waals surface area contributed by atoms with Gasteiger partial charge >= 0.3 is 12.2 Å². The van der Waals surface area contributed by atoms with Gasteiger partial charge in [0.15, 0.2) is 0 Å². The van der Waals surface area contributed by atoms with Crippen molar-refractivity contribution in [1.29, 1.82) is 0 Å². The highest BCUT2D eigenvalue weighted by Crippen LogP contribution is 2.36. The summed E-state index contributed by atoms with van der Waals surface area (Å²) in [7, 11) is 0. The molecule has 0 atom stereocenters. The number of fused-ring (bicyclic) bond motifs is 2. The molecule has 1 saturated carbocycles. The maximum Gasteiger partial charge on any atom is 0.433 e. The smallest absolute Gasteiger partial charge is 0.305 e. The Kier molecular flexibility index (Phi) is 8.85. The summed E-state index contributed by atoms with van der Waals surface area (Å²) in [5.41, 5.74) is 1.24. The summed E-state index contributed by atoms with van der Waals surface area (Å²) in [6, 6.07) is 8.83. The molecule has 0 aromatic carbocycles. The first-order valence-corrected chi connectivity index (χ1v) is 17.6. The molecule has 8 rings (SSSR count). The van der Waals surface area contributed by atoms with Gasteiger partial charge < -0.3 is 10.2 Å². The van der Waals surface area contributed by atoms with Gasteiger partial charge in [-0.05, 0) is 93.3 Å². The van der Waals surface area contributed by atoms with Gasteiger partial charge in [-0.2, -0.15) is 18.3 Å². The van der Waals surface area contributed by atoms with E-state index in [1.807, 2.05) is 27.5 Å². The molecule has 0 unspecified atom stereocenters. The number of halogens is 3. The molecule has 5 aromatic heterocycles. The fourth-order valence-electron chi connectivity index (χ4n) is 7.81. The van der Waals surface area contributed by atoms with Crippen LogP contribution in [0.25, 0.3) is 16.6 Å². The minimum Gasteiger partial charge on any atom is -0.305 e. The summed E-state index contributed by atoms with van der Waals surface area (Å²) in [5, 5.41) is 10.5. The van der Waals surface area contributed by atoms with E-state index in [0.29, 0.717) is 29.7 Å². The van der Waals surface area contributed by atoms with Crippen molar-refractivity contribution in [2.75, 3.05) is 36.4 Å². The Bertz CT molecular complexity index is 2150. The number of nitrogens with one attached hydrogen (secondary N) is 2. The lowest BCUT2D eigenvalue weighted by Crippen LogP contribution is -2.50. The molecule has 13 nitrogen and oxygen atoms in total. The van der Waals surface area contributed by atoms with Crippen molar-refractivity contribution in [1.82, 2.24) is 39.3 Å². The van der Waals surface area contributed by atoms with Gasteiger partial charge in [-0.1, -0.05) is 12.1 Å². The van der Waals surface area contributed by atoms with Gasteiger partial charge in [0.05, 0.1) is 18.4 Å². The van der Waals surface area contributed by atoms with Crippen LogP contribution in [0.5, 0.6) is 0 Å². The average Bonchev–Trinajstić information content (AvgIpc) is 3.77. The molecule has 3 fully saturated rings. The molecular weight excluding hydrogens is 677 g/mol. The Morgan fingerprint density at radius 3 is 2.54 bits per heavy atom. The lowest BCUT2D eigenvalue weighted by Gasteiger charge is -2.36. The van der Waals surface area contributed by atoms with Crippen molar-refractivity contribution >= 4 is 46.0 Å². The fourth-order valence-corrected chi connectivity index (χ4v) is 7.81. The number of piperidine rings is 1. The topological polar surface area (TPSA) is 143 Å². The van der Waals surface area contributed by atoms with Crippen LogP contribution in [0.15, 0.2) is 61.2 Å². The van der Waals surface area contributed by atoms with E-state index in [4.69, 9.17) is 10.1 Å². The molecular formula is C36H37F3N10O3. The number of nitrogens with zero attached hydrogens (tertiary/aromatic N) is 8. The molecule has 2 N–H and O–H groups in total. The summed E-state index contributed by atoms with van der Waals surface area (Å²) in [6.45, 7) is 3.41. The Morgan fingerprint density at radius 2 is 1.77 bits per heavy atom. The molecule has 2 saturated heterocycles. The number of rotatable bonds is 7. The second-order valence-electron chi connectivity index (χ2n) is 13.9. The number of alkyl halides is 3. The standard InChI is InChI=1S/C36H37F3N10O3/c37-36(38,39)29-5-1-4-27(42-29)34(51)43-30-17-24-21-49(45-28(24)18-40-30)25-8-6-22(7-9-25)20-46-14-10-23(11-15-46)26-3-2-13-47-32(19-41-33(26)47)48-16-12-31(50)44-35(48)52/h1-5,13,17-19,21-23,25H,6-12,14-16,20H2,(H,43,51)(H,44,50,52)/t22-,25-. The van der Waals surface area contributed by atoms with Crippen LogP contribution in [0, 0.1) is 5.92 Å². The summed E-state index contributed by atoms with van der Waals surface area (Å²) in [6.07, 6.45) is 8.99. The zero-order valence-electron chi connectivity index (χ0n) is 28.2. The van der Waals surface area contributed by atoms with Crippen LogP contribution in [0.4, 0.5) is 29.6 Å². The second kappa shape index (κ2) is 13.6. The number of anilines is 2. The lowest BCUT2D eigenvalue weighted by molar-refractivity contribution is -0.141. The van der Waals surface area contributed by atoms with Gasteiger partial charge in [0.2, 0.25) is 5.91 Å². The quantitative estimate of drug-likeness (QED) is 0.215. The van der Waals surface area contributed by atoms with E-state index in [-0.39, 0.29) is 29.9 Å². The maximum atomic E-state index is 13.0. The summed E-state index contributed by atoms with van der Waals surface area (Å²) < 4.78 is 43.1. The lowest BCUT2D eigenvalue weighted by atomic mass is 9.84. The average molecular weight is 715 g/mol. The minimum absolute atomic E-state index is 0.209. The number of imidazole rings is 1. The number of carbonyl (C=O) groups is 3. The zero-order valence-corrected chi connectivity index (χ0v) is 28.2. The van der Waals surface area contributed by atoms with Gasteiger partial charge in [-0.25, -0.2) is 19.7 Å². The van der Waals surface area contributed by atoms with Gasteiger partial charge in [-0.15, -0.1) is 0 Å². The predicted molar refractivity (Wildman–Crippen MR) is 185 cm³/mol. The molecule has 16 heteroatoms. The first kappa shape index (κ1) is 33.7. The van der Waals surface area contributed by atoms with Gasteiger partial charge in [0.1, 0.15) is 34.2 Å². The first-order valence-electron chi connectivity index (χ1n) is 17.6. The molecule has 1 aliphatic carbocycles. The number of aromatic nitrogens is 6. The maximum absolute atomic E-state index is 13.0. The van der Waals surface area contributed by atoms with Crippen molar-refractivity contribution in [2.24, 2.45) is 5.92 Å². The number of pyridine rings is 3. The number of hydrogen-bond acceptors (Lipinski definition) is 8. The molecule has 4 amide bonds. The van der Waals surface area contributed by atoms with Crippen LogP contribution in [0.3, 0.4) is 0 Å². The molecule has 5 aromatic rings. The molecule has 0 bridgehead atoms. The van der Waals surface area contributed by atoms with Crippen LogP contribution in [0.1, 0.15) is 78.7 Å². The van der Waals surface area contributed by atoms with Crippen molar-refractivity contribution < 1.29 is 27.6 Å². The Morgan fingerprint density at radius 1 is 0.962 bits per heavy atom. The second-order valence-corrected chi connectivity index (χ2v) is 13.9. The monoisotopic (exact) mass is 714 g/mol. The van der Waals surface area contributed by atoms with E-state index in [1.54, 1.807) is 23.4 Å². The molecule has 3 aliphatic rings. The van der Waals surface area contributed by atoms with E-state index in [2.05, 4.69) is 31.6 Å². The molecule has 7 heterocycles. The summed E-state index contributed by atoms with van der Waals surface area (Å²) in [5.74, 6) is 0.812. The van der Waals surface area contributed by atoms with Crippen LogP contribution in [0.2, 0.25) is 0 Å². The number of imide groups is 1. The Hall–Kier alpha value is -5.38. The molecule has 2 aliphatic heterocycles. The molecule has 270 valence electrons. The highest BCUT2D eigenvalue weighted by molar-refractivity contribution is 6.05. The predicted octanol–water partition coefficient (Wildman–Crippen LogP) is 5.80. The normalized spacial score (nSPS) is 20.8. The highest BCUT2D eigenvalue weighted by atomic mass is 19.4. The largest absolute Gasteiger partial charge is 0.433 e. The number of likely N-dealkylation sites (tertiary alicyclic amines) is 1. The molecule has 0 spiro atoms. The first-order chi connectivity index (χ1) is 25.1. The van der Waals surface area contributed by atoms with Gasteiger partial charge in [0, 0.05) is 37.3 Å². The van der Waals surface area contributed by atoms with E-state index in [1.165, 1.54) is 11.6 Å². The minimum atomic E-state index is -4.65. The number of urea groups is 1. The van der Waals surface area contributed by atoms with E-state index in [9.17, 15) is 27.6 Å². The fraction of sp³-hybridized carbons (Fsp3) is 0.417. The highest BCUT2D eigenvalue weighted by Gasteiger charge is 2.33. The van der Waals surface area contributed by atoms with Crippen LogP contribution in [-0.2, 0) is 11.0 Å². The van der Waals surface area contributed by atoms with Gasteiger partial charge in [0.25, 0.3) is 5.91 Å². The number of amides is 4. The van der Waals surface area contributed by atoms with E-state index >= 15 is 0 Å². The van der Waals surface area contributed by atoms with Crippen molar-refractivity contribution in [3.05, 3.63) is 78.1 Å². The van der Waals surface area contributed by atoms with Crippen LogP contribution >= 0.6 is 0 Å². The van der Waals surface area contributed by atoms with Crippen LogP contribution in [-0.4, -0.2) is 78.1 Å².